The van der Waals surface area contributed by atoms with Crippen molar-refractivity contribution in [2.75, 3.05) is 34.2 Å². The van der Waals surface area contributed by atoms with E-state index in [1.165, 1.54) is 4.90 Å². The van der Waals surface area contributed by atoms with Gasteiger partial charge in [0.25, 0.3) is 5.91 Å². The third-order valence-corrected chi connectivity index (χ3v) is 3.22. The highest BCUT2D eigenvalue weighted by Gasteiger charge is 2.51. The van der Waals surface area contributed by atoms with Gasteiger partial charge in [0.05, 0.1) is 34.2 Å². The number of hydrogen-bond donors (Lipinski definition) is 0. The van der Waals surface area contributed by atoms with E-state index in [0.29, 0.717) is 17.6 Å². The number of rotatable bonds is 3. The molecule has 0 unspecified atom stereocenters. The van der Waals surface area contributed by atoms with E-state index < -0.39 is 11.6 Å². The smallest absolute Gasteiger partial charge is 0.329 e. The number of nitrogens with zero attached hydrogens (tertiary/aromatic N) is 3. The maximum absolute atomic E-state index is 11.9. The van der Waals surface area contributed by atoms with Crippen LogP contribution in [0.1, 0.15) is 13.8 Å². The molecule has 0 aromatic rings. The van der Waals surface area contributed by atoms with Crippen molar-refractivity contribution in [1.29, 1.82) is 0 Å². The Balaban J connectivity index is 2.77. The minimum Gasteiger partial charge on any atom is -0.329 e. The molecule has 0 aromatic heterocycles. The SMILES string of the molecule is CC1(C)C(=O)N(CC[N+](C)(C)C)C(=O)N1Cl. The van der Waals surface area contributed by atoms with Crippen LogP contribution in [0.25, 0.3) is 0 Å². The van der Waals surface area contributed by atoms with Crippen LogP contribution in [-0.4, -0.2) is 65.5 Å². The second-order valence-corrected chi connectivity index (χ2v) is 5.93. The molecule has 0 aromatic carbocycles. The Labute approximate surface area is 101 Å². The molecule has 0 spiro atoms. The van der Waals surface area contributed by atoms with Gasteiger partial charge in [-0.3, -0.25) is 9.69 Å². The summed E-state index contributed by atoms with van der Waals surface area (Å²) in [5.74, 6) is -0.235. The number of imide groups is 1. The van der Waals surface area contributed by atoms with E-state index in [4.69, 9.17) is 11.8 Å². The molecule has 1 aliphatic rings. The third-order valence-electron chi connectivity index (χ3n) is 2.65. The normalized spacial score (nSPS) is 20.9. The first-order valence-electron chi connectivity index (χ1n) is 5.20. The van der Waals surface area contributed by atoms with Gasteiger partial charge >= 0.3 is 6.03 Å². The highest BCUT2D eigenvalue weighted by Crippen LogP contribution is 2.29. The summed E-state index contributed by atoms with van der Waals surface area (Å²) < 4.78 is 1.67. The molecule has 1 rings (SSSR count). The van der Waals surface area contributed by atoms with Crippen LogP contribution in [0, 0.1) is 0 Å². The van der Waals surface area contributed by atoms with Crippen LogP contribution >= 0.6 is 11.8 Å². The Hall–Kier alpha value is -0.810. The van der Waals surface area contributed by atoms with Crippen LogP contribution in [0.2, 0.25) is 0 Å². The fraction of sp³-hybridized carbons (Fsp3) is 0.800. The van der Waals surface area contributed by atoms with Crippen molar-refractivity contribution in [1.82, 2.24) is 9.32 Å². The number of halogens is 1. The van der Waals surface area contributed by atoms with Crippen LogP contribution in [0.5, 0.6) is 0 Å². The average Bonchev–Trinajstić information content (AvgIpc) is 2.26. The lowest BCUT2D eigenvalue weighted by Gasteiger charge is -2.26. The number of urea groups is 1. The molecule has 0 atom stereocenters. The summed E-state index contributed by atoms with van der Waals surface area (Å²) in [5, 5.41) is 0. The Morgan fingerprint density at radius 1 is 1.25 bits per heavy atom. The Bertz CT molecular complexity index is 323. The molecule has 1 fully saturated rings. The summed E-state index contributed by atoms with van der Waals surface area (Å²) in [5.41, 5.74) is -0.941. The van der Waals surface area contributed by atoms with Gasteiger partial charge in [-0.05, 0) is 13.8 Å². The molecule has 0 radical (unpaired) electrons. The summed E-state index contributed by atoms with van der Waals surface area (Å²) in [6, 6.07) is -0.426. The molecule has 92 valence electrons. The first kappa shape index (κ1) is 13.3. The molecule has 0 bridgehead atoms. The van der Waals surface area contributed by atoms with E-state index in [1.54, 1.807) is 13.8 Å². The second kappa shape index (κ2) is 3.89. The summed E-state index contributed by atoms with van der Waals surface area (Å²) in [6.07, 6.45) is 0. The first-order valence-corrected chi connectivity index (χ1v) is 5.53. The summed E-state index contributed by atoms with van der Waals surface area (Å²) in [4.78, 5) is 24.9. The second-order valence-electron chi connectivity index (χ2n) is 5.59. The Morgan fingerprint density at radius 3 is 2.06 bits per heavy atom. The molecule has 0 saturated carbocycles. The van der Waals surface area contributed by atoms with Crippen molar-refractivity contribution in [3.8, 4) is 0 Å². The van der Waals surface area contributed by atoms with Crippen LogP contribution in [0.15, 0.2) is 0 Å². The molecule has 3 amide bonds. The van der Waals surface area contributed by atoms with E-state index in [-0.39, 0.29) is 5.91 Å². The van der Waals surface area contributed by atoms with Gasteiger partial charge in [0.1, 0.15) is 5.54 Å². The molecule has 6 heteroatoms. The predicted octanol–water partition coefficient (Wildman–Crippen LogP) is 0.889. The monoisotopic (exact) mass is 248 g/mol. The van der Waals surface area contributed by atoms with Crippen molar-refractivity contribution in [3.05, 3.63) is 0 Å². The first-order chi connectivity index (χ1) is 7.07. The zero-order valence-corrected chi connectivity index (χ0v) is 11.2. The lowest BCUT2D eigenvalue weighted by molar-refractivity contribution is -0.869. The number of quaternary nitrogens is 1. The molecule has 1 aliphatic heterocycles. The van der Waals surface area contributed by atoms with Gasteiger partial charge in [0.15, 0.2) is 0 Å². The van der Waals surface area contributed by atoms with Crippen molar-refractivity contribution in [2.45, 2.75) is 19.4 Å². The Morgan fingerprint density at radius 2 is 1.75 bits per heavy atom. The van der Waals surface area contributed by atoms with E-state index in [0.717, 1.165) is 4.42 Å². The van der Waals surface area contributed by atoms with E-state index in [1.807, 2.05) is 21.1 Å². The number of amides is 3. The molecular weight excluding hydrogens is 230 g/mol. The highest BCUT2D eigenvalue weighted by atomic mass is 35.5. The fourth-order valence-corrected chi connectivity index (χ4v) is 1.61. The Kier molecular flexibility index (Phi) is 3.22. The summed E-state index contributed by atoms with van der Waals surface area (Å²) >= 11 is 5.81. The number of carbonyl (C=O) groups excluding carboxylic acids is 2. The van der Waals surface area contributed by atoms with Gasteiger partial charge < -0.3 is 4.48 Å². The van der Waals surface area contributed by atoms with Gasteiger partial charge in [0.2, 0.25) is 0 Å². The van der Waals surface area contributed by atoms with Crippen molar-refractivity contribution in [2.24, 2.45) is 0 Å². The third kappa shape index (κ3) is 2.30. The molecule has 1 saturated heterocycles. The van der Waals surface area contributed by atoms with Gasteiger partial charge in [-0.1, -0.05) is 0 Å². The predicted molar refractivity (Wildman–Crippen MR) is 61.8 cm³/mol. The quantitative estimate of drug-likeness (QED) is 0.423. The van der Waals surface area contributed by atoms with Crippen LogP contribution in [0.4, 0.5) is 4.79 Å². The topological polar surface area (TPSA) is 40.6 Å². The van der Waals surface area contributed by atoms with Gasteiger partial charge in [0, 0.05) is 11.8 Å². The number of likely N-dealkylation sites (N-methyl/N-ethyl adjacent to an activating group) is 1. The van der Waals surface area contributed by atoms with Crippen molar-refractivity contribution < 1.29 is 14.1 Å². The van der Waals surface area contributed by atoms with E-state index in [9.17, 15) is 9.59 Å². The largest absolute Gasteiger partial charge is 0.342 e. The number of carbonyl (C=O) groups is 2. The van der Waals surface area contributed by atoms with Crippen molar-refractivity contribution >= 4 is 23.7 Å². The zero-order chi connectivity index (χ0) is 12.7. The average molecular weight is 249 g/mol. The van der Waals surface area contributed by atoms with Gasteiger partial charge in [-0.15, -0.1) is 0 Å². The van der Waals surface area contributed by atoms with Crippen LogP contribution in [-0.2, 0) is 4.79 Å². The highest BCUT2D eigenvalue weighted by molar-refractivity contribution is 6.27. The molecule has 5 nitrogen and oxygen atoms in total. The maximum Gasteiger partial charge on any atom is 0.342 e. The fourth-order valence-electron chi connectivity index (χ4n) is 1.44. The van der Waals surface area contributed by atoms with Crippen LogP contribution in [0.3, 0.4) is 0 Å². The lowest BCUT2D eigenvalue weighted by Crippen LogP contribution is -2.45. The van der Waals surface area contributed by atoms with E-state index in [2.05, 4.69) is 0 Å². The minimum absolute atomic E-state index is 0.235. The van der Waals surface area contributed by atoms with Gasteiger partial charge in [-0.2, -0.15) is 0 Å². The van der Waals surface area contributed by atoms with Crippen LogP contribution < -0.4 is 0 Å². The minimum atomic E-state index is -0.941. The molecular formula is C10H19ClN3O2+. The molecule has 0 aliphatic carbocycles. The molecule has 1 heterocycles. The zero-order valence-electron chi connectivity index (χ0n) is 10.5. The standard InChI is InChI=1S/C10H19ClN3O2/c1-10(2)8(15)12(9(16)13(10)11)6-7-14(3,4)5/h6-7H2,1-5H3/q+1. The van der Waals surface area contributed by atoms with Crippen molar-refractivity contribution in [3.63, 3.8) is 0 Å². The number of hydrogen-bond acceptors (Lipinski definition) is 2. The summed E-state index contributed by atoms with van der Waals surface area (Å²) in [6.45, 7) is 4.39. The molecule has 16 heavy (non-hydrogen) atoms. The van der Waals surface area contributed by atoms with Gasteiger partial charge in [-0.25, -0.2) is 9.21 Å². The molecule has 0 N–H and O–H groups in total. The lowest BCUT2D eigenvalue weighted by atomic mass is 10.1. The van der Waals surface area contributed by atoms with E-state index >= 15 is 0 Å². The summed E-state index contributed by atoms with van der Waals surface area (Å²) in [7, 11) is 6.03. The maximum atomic E-state index is 11.9.